The van der Waals surface area contributed by atoms with Gasteiger partial charge in [-0.15, -0.1) is 0 Å². The SMILES string of the molecule is O=c1[nH]c2ccc(Cl)cc2c(-c2ccccc2)c1Cc1nc2ccccc2[nH]1. The summed E-state index contributed by atoms with van der Waals surface area (Å²) in [5.74, 6) is 0.755. The van der Waals surface area contributed by atoms with E-state index in [0.29, 0.717) is 17.0 Å². The minimum atomic E-state index is -0.117. The van der Waals surface area contributed by atoms with Crippen molar-refractivity contribution in [2.45, 2.75) is 6.42 Å². The Kier molecular flexibility index (Phi) is 3.99. The normalized spacial score (nSPS) is 11.3. The predicted octanol–water partition coefficient (Wildman–Crippen LogP) is 5.32. The van der Waals surface area contributed by atoms with Gasteiger partial charge in [0.25, 0.3) is 5.56 Å². The van der Waals surface area contributed by atoms with Crippen molar-refractivity contribution in [2.24, 2.45) is 0 Å². The summed E-state index contributed by atoms with van der Waals surface area (Å²) < 4.78 is 0. The fourth-order valence-electron chi connectivity index (χ4n) is 3.67. The maximum atomic E-state index is 13.0. The first-order valence-corrected chi connectivity index (χ1v) is 9.40. The summed E-state index contributed by atoms with van der Waals surface area (Å²) >= 11 is 6.27. The molecule has 0 fully saturated rings. The van der Waals surface area contributed by atoms with Crippen LogP contribution >= 0.6 is 11.6 Å². The molecule has 0 radical (unpaired) electrons. The van der Waals surface area contributed by atoms with Gasteiger partial charge in [0.2, 0.25) is 0 Å². The predicted molar refractivity (Wildman–Crippen MR) is 114 cm³/mol. The van der Waals surface area contributed by atoms with E-state index in [1.165, 1.54) is 0 Å². The number of benzene rings is 3. The van der Waals surface area contributed by atoms with Crippen molar-refractivity contribution in [3.8, 4) is 11.1 Å². The number of nitrogens with one attached hydrogen (secondary N) is 2. The van der Waals surface area contributed by atoms with Gasteiger partial charge in [0.15, 0.2) is 0 Å². The zero-order valence-electron chi connectivity index (χ0n) is 14.9. The Morgan fingerprint density at radius 1 is 0.857 bits per heavy atom. The molecule has 2 N–H and O–H groups in total. The molecule has 0 aliphatic rings. The number of nitrogens with zero attached hydrogens (tertiary/aromatic N) is 1. The summed E-state index contributed by atoms with van der Waals surface area (Å²) in [6, 6.07) is 23.3. The second-order valence-corrected chi connectivity index (χ2v) is 7.18. The lowest BCUT2D eigenvalue weighted by Crippen LogP contribution is -2.15. The molecule has 2 heterocycles. The van der Waals surface area contributed by atoms with Crippen LogP contribution in [0.4, 0.5) is 0 Å². The fraction of sp³-hybridized carbons (Fsp3) is 0.0435. The lowest BCUT2D eigenvalue weighted by Gasteiger charge is -2.12. The average molecular weight is 386 g/mol. The molecule has 2 aromatic heterocycles. The van der Waals surface area contributed by atoms with Crippen LogP contribution in [0.1, 0.15) is 11.4 Å². The Labute approximate surface area is 165 Å². The monoisotopic (exact) mass is 385 g/mol. The summed E-state index contributed by atoms with van der Waals surface area (Å²) in [5, 5.41) is 1.55. The maximum Gasteiger partial charge on any atom is 0.252 e. The van der Waals surface area contributed by atoms with E-state index in [4.69, 9.17) is 11.6 Å². The molecule has 4 nitrogen and oxygen atoms in total. The topological polar surface area (TPSA) is 61.5 Å². The van der Waals surface area contributed by atoms with Gasteiger partial charge in [0.1, 0.15) is 5.82 Å². The molecule has 0 bridgehead atoms. The van der Waals surface area contributed by atoms with E-state index in [2.05, 4.69) is 15.0 Å². The smallest absolute Gasteiger partial charge is 0.252 e. The first-order valence-electron chi connectivity index (χ1n) is 9.02. The highest BCUT2D eigenvalue weighted by Gasteiger charge is 2.17. The first-order chi connectivity index (χ1) is 13.7. The minimum Gasteiger partial charge on any atom is -0.342 e. The Balaban J connectivity index is 1.77. The molecule has 0 aliphatic heterocycles. The number of H-pyrrole nitrogens is 2. The van der Waals surface area contributed by atoms with Gasteiger partial charge in [-0.1, -0.05) is 54.1 Å². The molecule has 0 amide bonds. The number of rotatable bonds is 3. The molecular formula is C23H16ClN3O. The van der Waals surface area contributed by atoms with Crippen LogP contribution in [0.15, 0.2) is 77.6 Å². The van der Waals surface area contributed by atoms with Gasteiger partial charge >= 0.3 is 0 Å². The molecule has 28 heavy (non-hydrogen) atoms. The number of imidazole rings is 1. The van der Waals surface area contributed by atoms with Crippen molar-refractivity contribution in [3.63, 3.8) is 0 Å². The molecule has 5 heteroatoms. The summed E-state index contributed by atoms with van der Waals surface area (Å²) in [7, 11) is 0. The first kappa shape index (κ1) is 16.8. The molecule has 136 valence electrons. The number of hydrogen-bond donors (Lipinski definition) is 2. The van der Waals surface area contributed by atoms with Crippen molar-refractivity contribution < 1.29 is 0 Å². The van der Waals surface area contributed by atoms with Crippen LogP contribution in [0.25, 0.3) is 33.1 Å². The highest BCUT2D eigenvalue weighted by molar-refractivity contribution is 6.31. The largest absolute Gasteiger partial charge is 0.342 e. The Hall–Kier alpha value is -3.37. The van der Waals surface area contributed by atoms with Crippen molar-refractivity contribution in [3.05, 3.63) is 99.6 Å². The second-order valence-electron chi connectivity index (χ2n) is 6.74. The number of hydrogen-bond acceptors (Lipinski definition) is 2. The van der Waals surface area contributed by atoms with Crippen LogP contribution in [0.3, 0.4) is 0 Å². The van der Waals surface area contributed by atoms with Crippen molar-refractivity contribution in [1.82, 2.24) is 15.0 Å². The third-order valence-electron chi connectivity index (χ3n) is 4.92. The van der Waals surface area contributed by atoms with Crippen molar-refractivity contribution >= 4 is 33.5 Å². The highest BCUT2D eigenvalue weighted by atomic mass is 35.5. The Bertz CT molecular complexity index is 1340. The van der Waals surface area contributed by atoms with Crippen LogP contribution in [0.2, 0.25) is 5.02 Å². The van der Waals surface area contributed by atoms with Crippen LogP contribution in [-0.4, -0.2) is 15.0 Å². The van der Waals surface area contributed by atoms with E-state index in [-0.39, 0.29) is 5.56 Å². The van der Waals surface area contributed by atoms with E-state index in [9.17, 15) is 4.79 Å². The van der Waals surface area contributed by atoms with E-state index in [1.54, 1.807) is 6.07 Å². The Morgan fingerprint density at radius 2 is 1.64 bits per heavy atom. The standard InChI is InChI=1S/C23H16ClN3O/c24-15-10-11-18-16(12-15)22(14-6-2-1-3-7-14)17(23(28)27-18)13-21-25-19-8-4-5-9-20(19)26-21/h1-12H,13H2,(H,25,26)(H,27,28). The maximum absolute atomic E-state index is 13.0. The van der Waals surface area contributed by atoms with Crippen molar-refractivity contribution in [1.29, 1.82) is 0 Å². The third-order valence-corrected chi connectivity index (χ3v) is 5.16. The fourth-order valence-corrected chi connectivity index (χ4v) is 3.84. The quantitative estimate of drug-likeness (QED) is 0.441. The summed E-state index contributed by atoms with van der Waals surface area (Å²) in [6.45, 7) is 0. The van der Waals surface area contributed by atoms with Gasteiger partial charge in [-0.3, -0.25) is 4.79 Å². The van der Waals surface area contributed by atoms with E-state index < -0.39 is 0 Å². The molecular weight excluding hydrogens is 370 g/mol. The molecule has 0 spiro atoms. The highest BCUT2D eigenvalue weighted by Crippen LogP contribution is 2.32. The van der Waals surface area contributed by atoms with Crippen LogP contribution in [-0.2, 0) is 6.42 Å². The molecule has 0 saturated heterocycles. The van der Waals surface area contributed by atoms with E-state index >= 15 is 0 Å². The lowest BCUT2D eigenvalue weighted by atomic mass is 9.94. The van der Waals surface area contributed by atoms with Gasteiger partial charge in [0.05, 0.1) is 11.0 Å². The third kappa shape index (κ3) is 2.88. The number of halogens is 1. The van der Waals surface area contributed by atoms with E-state index in [0.717, 1.165) is 38.9 Å². The van der Waals surface area contributed by atoms with E-state index in [1.807, 2.05) is 66.7 Å². The summed E-state index contributed by atoms with van der Waals surface area (Å²) in [4.78, 5) is 24.0. The molecule has 0 saturated carbocycles. The van der Waals surface area contributed by atoms with Crippen LogP contribution in [0.5, 0.6) is 0 Å². The van der Waals surface area contributed by atoms with Crippen LogP contribution < -0.4 is 5.56 Å². The van der Waals surface area contributed by atoms with Gasteiger partial charge < -0.3 is 9.97 Å². The molecule has 5 rings (SSSR count). The minimum absolute atomic E-state index is 0.117. The zero-order valence-corrected chi connectivity index (χ0v) is 15.6. The van der Waals surface area contributed by atoms with Gasteiger partial charge in [-0.05, 0) is 35.9 Å². The Morgan fingerprint density at radius 3 is 2.46 bits per heavy atom. The number of aromatic nitrogens is 3. The summed E-state index contributed by atoms with van der Waals surface area (Å²) in [6.07, 6.45) is 0.399. The molecule has 0 atom stereocenters. The number of fused-ring (bicyclic) bond motifs is 2. The molecule has 0 aliphatic carbocycles. The zero-order chi connectivity index (χ0) is 19.1. The number of pyridine rings is 1. The molecule has 5 aromatic rings. The van der Waals surface area contributed by atoms with Gasteiger partial charge in [0, 0.05) is 33.5 Å². The molecule has 3 aromatic carbocycles. The number of aromatic amines is 2. The lowest BCUT2D eigenvalue weighted by molar-refractivity contribution is 1.02. The van der Waals surface area contributed by atoms with Gasteiger partial charge in [-0.25, -0.2) is 4.98 Å². The molecule has 0 unspecified atom stereocenters. The average Bonchev–Trinajstić information content (AvgIpc) is 3.12. The number of para-hydroxylation sites is 2. The summed E-state index contributed by atoms with van der Waals surface area (Å²) in [5.41, 5.74) is 5.03. The van der Waals surface area contributed by atoms with Gasteiger partial charge in [-0.2, -0.15) is 0 Å². The van der Waals surface area contributed by atoms with Crippen LogP contribution in [0, 0.1) is 0 Å². The van der Waals surface area contributed by atoms with Crippen molar-refractivity contribution in [2.75, 3.05) is 0 Å². The second kappa shape index (κ2) is 6.66.